The predicted molar refractivity (Wildman–Crippen MR) is 131 cm³/mol. The SMILES string of the molecule is CC(C)(C)C(=O)Nc1cnc(C(=O)CCl)cn1.CC(C)(C)C(=O)Nc1cnc([C@H](O)CCl)cn1. The Labute approximate surface area is 208 Å². The van der Waals surface area contributed by atoms with Crippen LogP contribution in [0.15, 0.2) is 24.8 Å². The number of carbonyl (C=O) groups is 3. The van der Waals surface area contributed by atoms with E-state index in [1.54, 1.807) is 41.5 Å². The van der Waals surface area contributed by atoms with E-state index in [0.717, 1.165) is 0 Å². The maximum atomic E-state index is 11.7. The second kappa shape index (κ2) is 12.7. The molecule has 0 radical (unpaired) electrons. The Balaban J connectivity index is 0.000000340. The lowest BCUT2D eigenvalue weighted by atomic mass is 9.96. The van der Waals surface area contributed by atoms with Crippen molar-refractivity contribution in [1.82, 2.24) is 19.9 Å². The van der Waals surface area contributed by atoms with Gasteiger partial charge >= 0.3 is 0 Å². The van der Waals surface area contributed by atoms with Crippen molar-refractivity contribution in [3.05, 3.63) is 36.2 Å². The number of aliphatic hydroxyl groups excluding tert-OH is 1. The monoisotopic (exact) mass is 512 g/mol. The Bertz CT molecular complexity index is 971. The van der Waals surface area contributed by atoms with E-state index < -0.39 is 16.9 Å². The number of Topliss-reactive ketones (excluding diaryl/α,β-unsaturated/α-hetero) is 1. The van der Waals surface area contributed by atoms with Crippen molar-refractivity contribution in [1.29, 1.82) is 0 Å². The number of hydrogen-bond acceptors (Lipinski definition) is 8. The molecule has 0 fully saturated rings. The quantitative estimate of drug-likeness (QED) is 0.392. The van der Waals surface area contributed by atoms with Gasteiger partial charge in [-0.05, 0) is 0 Å². The number of ketones is 1. The fraction of sp³-hybridized carbons (Fsp3) is 0.500. The summed E-state index contributed by atoms with van der Waals surface area (Å²) < 4.78 is 0. The summed E-state index contributed by atoms with van der Waals surface area (Å²) >= 11 is 10.9. The number of alkyl halides is 2. The van der Waals surface area contributed by atoms with Gasteiger partial charge in [-0.1, -0.05) is 41.5 Å². The van der Waals surface area contributed by atoms with E-state index in [1.165, 1.54) is 24.8 Å². The molecule has 0 saturated carbocycles. The number of amides is 2. The standard InChI is InChI=1S/C11H16ClN3O2.C11H14ClN3O2/c2*1-11(2,3)10(17)15-9-6-13-7(5-14-9)8(16)4-12/h5-6,8,16H,4H2,1-3H3,(H,14,15,17);5-6H,4H2,1-3H3,(H,14,15,17)/t8-;/m1./s1. The van der Waals surface area contributed by atoms with Gasteiger partial charge in [0.25, 0.3) is 0 Å². The van der Waals surface area contributed by atoms with Crippen LogP contribution in [-0.2, 0) is 9.59 Å². The molecular weight excluding hydrogens is 483 g/mol. The molecule has 0 bridgehead atoms. The molecule has 0 unspecified atom stereocenters. The normalized spacial score (nSPS) is 12.1. The first kappa shape index (κ1) is 29.3. The summed E-state index contributed by atoms with van der Waals surface area (Å²) in [4.78, 5) is 50.2. The van der Waals surface area contributed by atoms with Crippen molar-refractivity contribution in [3.63, 3.8) is 0 Å². The number of nitrogens with one attached hydrogen (secondary N) is 2. The molecule has 2 rings (SSSR count). The Kier molecular flexibility index (Phi) is 10.9. The summed E-state index contributed by atoms with van der Waals surface area (Å²) in [5.74, 6) is -0.00915. The molecule has 0 aliphatic rings. The Morgan fingerprint density at radius 3 is 1.62 bits per heavy atom. The molecule has 34 heavy (non-hydrogen) atoms. The molecule has 1 atom stereocenters. The number of anilines is 2. The number of aromatic nitrogens is 4. The molecule has 3 N–H and O–H groups in total. The van der Waals surface area contributed by atoms with Crippen molar-refractivity contribution in [2.75, 3.05) is 22.4 Å². The van der Waals surface area contributed by atoms with Crippen LogP contribution >= 0.6 is 23.2 Å². The van der Waals surface area contributed by atoms with Crippen molar-refractivity contribution >= 4 is 52.4 Å². The van der Waals surface area contributed by atoms with Crippen LogP contribution in [-0.4, -0.2) is 54.4 Å². The van der Waals surface area contributed by atoms with Crippen LogP contribution in [0.1, 0.15) is 63.8 Å². The zero-order chi connectivity index (χ0) is 26.1. The predicted octanol–water partition coefficient (Wildman–Crippen LogP) is 3.62. The highest BCUT2D eigenvalue weighted by molar-refractivity contribution is 6.30. The maximum Gasteiger partial charge on any atom is 0.230 e. The maximum absolute atomic E-state index is 11.7. The minimum atomic E-state index is -0.837. The highest BCUT2D eigenvalue weighted by Crippen LogP contribution is 2.17. The largest absolute Gasteiger partial charge is 0.385 e. The molecule has 186 valence electrons. The number of halogens is 2. The third-order valence-electron chi connectivity index (χ3n) is 4.06. The molecule has 12 heteroatoms. The van der Waals surface area contributed by atoms with Crippen molar-refractivity contribution < 1.29 is 19.5 Å². The minimum absolute atomic E-state index is 0.0579. The Morgan fingerprint density at radius 1 is 0.824 bits per heavy atom. The lowest BCUT2D eigenvalue weighted by molar-refractivity contribution is -0.123. The van der Waals surface area contributed by atoms with Gasteiger partial charge < -0.3 is 15.7 Å². The molecule has 2 aromatic heterocycles. The van der Waals surface area contributed by atoms with E-state index in [-0.39, 0.29) is 35.1 Å². The summed E-state index contributed by atoms with van der Waals surface area (Å²) in [5, 5.41) is 14.7. The second-order valence-electron chi connectivity index (χ2n) is 9.25. The molecule has 0 saturated heterocycles. The first-order valence-corrected chi connectivity index (χ1v) is 11.4. The minimum Gasteiger partial charge on any atom is -0.385 e. The summed E-state index contributed by atoms with van der Waals surface area (Å²) in [6, 6.07) is 0. The van der Waals surface area contributed by atoms with Gasteiger partial charge in [-0.2, -0.15) is 0 Å². The lowest BCUT2D eigenvalue weighted by Gasteiger charge is -2.17. The smallest absolute Gasteiger partial charge is 0.230 e. The van der Waals surface area contributed by atoms with E-state index in [9.17, 15) is 19.5 Å². The van der Waals surface area contributed by atoms with Crippen LogP contribution in [0.3, 0.4) is 0 Å². The average Bonchev–Trinajstić information content (AvgIpc) is 2.78. The van der Waals surface area contributed by atoms with Gasteiger partial charge in [-0.25, -0.2) is 15.0 Å². The van der Waals surface area contributed by atoms with Crippen LogP contribution in [0.4, 0.5) is 11.6 Å². The van der Waals surface area contributed by atoms with Crippen LogP contribution < -0.4 is 10.6 Å². The Hall–Kier alpha value is -2.69. The van der Waals surface area contributed by atoms with Gasteiger partial charge in [0, 0.05) is 10.8 Å². The molecule has 10 nitrogen and oxygen atoms in total. The number of rotatable bonds is 6. The topological polar surface area (TPSA) is 147 Å². The fourth-order valence-corrected chi connectivity index (χ4v) is 2.16. The van der Waals surface area contributed by atoms with Crippen LogP contribution in [0.5, 0.6) is 0 Å². The van der Waals surface area contributed by atoms with Gasteiger partial charge in [-0.15, -0.1) is 23.2 Å². The summed E-state index contributed by atoms with van der Waals surface area (Å²) in [6.45, 7) is 10.8. The third kappa shape index (κ3) is 9.66. The zero-order valence-electron chi connectivity index (χ0n) is 20.0. The van der Waals surface area contributed by atoms with Crippen LogP contribution in [0, 0.1) is 10.8 Å². The Morgan fingerprint density at radius 2 is 1.29 bits per heavy atom. The first-order chi connectivity index (χ1) is 15.7. The molecule has 2 heterocycles. The van der Waals surface area contributed by atoms with E-state index >= 15 is 0 Å². The van der Waals surface area contributed by atoms with Crippen molar-refractivity contribution in [2.24, 2.45) is 10.8 Å². The van der Waals surface area contributed by atoms with Gasteiger partial charge in [0.05, 0.1) is 42.2 Å². The van der Waals surface area contributed by atoms with Crippen LogP contribution in [0.2, 0.25) is 0 Å². The molecule has 2 amide bonds. The van der Waals surface area contributed by atoms with Crippen LogP contribution in [0.25, 0.3) is 0 Å². The second-order valence-corrected chi connectivity index (χ2v) is 9.82. The number of hydrogen-bond donors (Lipinski definition) is 3. The molecule has 0 aromatic carbocycles. The van der Waals surface area contributed by atoms with E-state index in [1.807, 2.05) is 0 Å². The summed E-state index contributed by atoms with van der Waals surface area (Å²) in [5.41, 5.74) is -0.426. The number of nitrogens with zero attached hydrogens (tertiary/aromatic N) is 4. The highest BCUT2D eigenvalue weighted by Gasteiger charge is 2.22. The van der Waals surface area contributed by atoms with Gasteiger partial charge in [-0.3, -0.25) is 19.4 Å². The molecule has 0 aliphatic carbocycles. The van der Waals surface area contributed by atoms with Gasteiger partial charge in [0.2, 0.25) is 11.8 Å². The van der Waals surface area contributed by atoms with Crippen molar-refractivity contribution in [3.8, 4) is 0 Å². The first-order valence-electron chi connectivity index (χ1n) is 10.3. The van der Waals surface area contributed by atoms with E-state index in [2.05, 4.69) is 30.6 Å². The number of aliphatic hydroxyl groups is 1. The average molecular weight is 513 g/mol. The van der Waals surface area contributed by atoms with E-state index in [0.29, 0.717) is 17.3 Å². The van der Waals surface area contributed by atoms with Gasteiger partial charge in [0.15, 0.2) is 17.4 Å². The molecule has 0 aliphatic heterocycles. The molecule has 2 aromatic rings. The van der Waals surface area contributed by atoms with Crippen molar-refractivity contribution in [2.45, 2.75) is 47.6 Å². The fourth-order valence-electron chi connectivity index (χ4n) is 1.87. The molecular formula is C22H30Cl2N6O4. The summed E-state index contributed by atoms with van der Waals surface area (Å²) in [6.07, 6.45) is 4.59. The highest BCUT2D eigenvalue weighted by atomic mass is 35.5. The third-order valence-corrected chi connectivity index (χ3v) is 4.60. The lowest BCUT2D eigenvalue weighted by Crippen LogP contribution is -2.28. The van der Waals surface area contributed by atoms with Gasteiger partial charge in [0.1, 0.15) is 11.8 Å². The van der Waals surface area contributed by atoms with E-state index in [4.69, 9.17) is 23.2 Å². The number of carbonyl (C=O) groups excluding carboxylic acids is 3. The summed E-state index contributed by atoms with van der Waals surface area (Å²) in [7, 11) is 0. The molecule has 0 spiro atoms. The zero-order valence-corrected chi connectivity index (χ0v) is 21.5.